The number of aliphatic hydroxyl groups excluding tert-OH is 1. The Morgan fingerprint density at radius 2 is 2.40 bits per heavy atom. The minimum absolute atomic E-state index is 0.373. The fourth-order valence-electron chi connectivity index (χ4n) is 0.878. The predicted octanol–water partition coefficient (Wildman–Crippen LogP) is 1.13. The maximum Gasteiger partial charge on any atom is 0.152 e. The number of aliphatic hydroxyl groups is 1. The predicted molar refractivity (Wildman–Crippen MR) is 38.9 cm³/mol. The number of imidazole rings is 1. The van der Waals surface area contributed by atoms with Crippen molar-refractivity contribution in [2.45, 2.75) is 13.0 Å². The average Bonchev–Trinajstić information content (AvgIpc) is 2.11. The van der Waals surface area contributed by atoms with Crippen LogP contribution < -0.4 is 0 Å². The van der Waals surface area contributed by atoms with E-state index in [0.29, 0.717) is 10.8 Å². The fraction of sp³-hybridized carbons (Fsp3) is 0.500. The first kappa shape index (κ1) is 7.57. The van der Waals surface area contributed by atoms with E-state index in [1.165, 1.54) is 0 Å². The van der Waals surface area contributed by atoms with Gasteiger partial charge < -0.3 is 9.67 Å². The summed E-state index contributed by atoms with van der Waals surface area (Å²) in [6.45, 7) is 1.66. The number of rotatable bonds is 1. The van der Waals surface area contributed by atoms with E-state index in [0.717, 1.165) is 0 Å². The molecule has 0 aliphatic heterocycles. The molecular weight excluding hydrogens is 152 g/mol. The third-order valence-electron chi connectivity index (χ3n) is 1.33. The van der Waals surface area contributed by atoms with Crippen LogP contribution in [0.4, 0.5) is 0 Å². The Bertz CT molecular complexity index is 212. The van der Waals surface area contributed by atoms with Crippen LogP contribution in [0.2, 0.25) is 5.15 Å². The summed E-state index contributed by atoms with van der Waals surface area (Å²) in [5.74, 6) is 0. The normalized spacial score (nSPS) is 13.6. The van der Waals surface area contributed by atoms with Crippen molar-refractivity contribution in [3.63, 3.8) is 0 Å². The molecule has 1 atom stereocenters. The Morgan fingerprint density at radius 1 is 1.80 bits per heavy atom. The van der Waals surface area contributed by atoms with Gasteiger partial charge in [0.25, 0.3) is 0 Å². The summed E-state index contributed by atoms with van der Waals surface area (Å²) in [5.41, 5.74) is 0.654. The van der Waals surface area contributed by atoms with E-state index in [-0.39, 0.29) is 0 Å². The smallest absolute Gasteiger partial charge is 0.152 e. The maximum atomic E-state index is 9.13. The Morgan fingerprint density at radius 3 is 2.60 bits per heavy atom. The molecule has 0 aromatic carbocycles. The van der Waals surface area contributed by atoms with Crippen molar-refractivity contribution in [3.8, 4) is 0 Å². The zero-order chi connectivity index (χ0) is 7.72. The molecule has 1 heterocycles. The summed E-state index contributed by atoms with van der Waals surface area (Å²) in [5, 5.41) is 9.50. The zero-order valence-corrected chi connectivity index (χ0v) is 6.63. The number of nitrogens with zero attached hydrogens (tertiary/aromatic N) is 2. The Kier molecular flexibility index (Phi) is 1.97. The van der Waals surface area contributed by atoms with Crippen LogP contribution in [-0.2, 0) is 7.05 Å². The summed E-state index contributed by atoms with van der Waals surface area (Å²) >= 11 is 5.65. The van der Waals surface area contributed by atoms with Crippen molar-refractivity contribution >= 4 is 11.6 Å². The van der Waals surface area contributed by atoms with Crippen molar-refractivity contribution in [1.29, 1.82) is 0 Å². The number of halogens is 1. The third-order valence-corrected chi connectivity index (χ3v) is 1.62. The average molecular weight is 161 g/mol. The first-order valence-electron chi connectivity index (χ1n) is 2.97. The quantitative estimate of drug-likeness (QED) is 0.669. The summed E-state index contributed by atoms with van der Waals surface area (Å²) in [4.78, 5) is 3.81. The highest BCUT2D eigenvalue weighted by atomic mass is 35.5. The molecule has 0 spiro atoms. The minimum Gasteiger partial charge on any atom is -0.387 e. The molecule has 0 fully saturated rings. The van der Waals surface area contributed by atoms with Gasteiger partial charge in [-0.05, 0) is 6.92 Å². The summed E-state index contributed by atoms with van der Waals surface area (Å²) < 4.78 is 1.70. The van der Waals surface area contributed by atoms with Gasteiger partial charge in [0.15, 0.2) is 5.15 Å². The third kappa shape index (κ3) is 1.15. The van der Waals surface area contributed by atoms with Gasteiger partial charge >= 0.3 is 0 Å². The molecule has 0 unspecified atom stereocenters. The molecule has 3 nitrogen and oxygen atoms in total. The van der Waals surface area contributed by atoms with Gasteiger partial charge in [0.05, 0.1) is 18.1 Å². The van der Waals surface area contributed by atoms with Crippen LogP contribution in [-0.4, -0.2) is 14.7 Å². The van der Waals surface area contributed by atoms with Gasteiger partial charge in [-0.2, -0.15) is 0 Å². The largest absolute Gasteiger partial charge is 0.387 e. The monoisotopic (exact) mass is 160 g/mol. The fourth-order valence-corrected chi connectivity index (χ4v) is 1.21. The molecule has 0 bridgehead atoms. The molecular formula is C6H9ClN2O. The van der Waals surface area contributed by atoms with Gasteiger partial charge in [-0.1, -0.05) is 11.6 Å². The molecule has 0 saturated heterocycles. The van der Waals surface area contributed by atoms with Gasteiger partial charge in [-0.15, -0.1) is 0 Å². The minimum atomic E-state index is -0.556. The molecule has 0 aliphatic carbocycles. The molecule has 10 heavy (non-hydrogen) atoms. The van der Waals surface area contributed by atoms with Crippen molar-refractivity contribution in [1.82, 2.24) is 9.55 Å². The summed E-state index contributed by atoms with van der Waals surface area (Å²) in [7, 11) is 1.79. The second-order valence-electron chi connectivity index (χ2n) is 2.21. The van der Waals surface area contributed by atoms with Crippen molar-refractivity contribution in [3.05, 3.63) is 17.2 Å². The second kappa shape index (κ2) is 2.60. The highest BCUT2D eigenvalue weighted by Gasteiger charge is 2.10. The van der Waals surface area contributed by atoms with Gasteiger partial charge in [0.1, 0.15) is 0 Å². The van der Waals surface area contributed by atoms with E-state index < -0.39 is 6.10 Å². The first-order valence-corrected chi connectivity index (χ1v) is 3.35. The van der Waals surface area contributed by atoms with Crippen molar-refractivity contribution in [2.75, 3.05) is 0 Å². The Labute approximate surface area is 64.3 Å². The van der Waals surface area contributed by atoms with E-state index in [1.54, 1.807) is 24.9 Å². The van der Waals surface area contributed by atoms with Crippen LogP contribution in [0.5, 0.6) is 0 Å². The maximum absolute atomic E-state index is 9.13. The molecule has 0 aliphatic rings. The molecule has 4 heteroatoms. The molecule has 0 radical (unpaired) electrons. The number of aromatic nitrogens is 2. The van der Waals surface area contributed by atoms with E-state index in [4.69, 9.17) is 16.7 Å². The first-order chi connectivity index (χ1) is 4.63. The molecule has 56 valence electrons. The lowest BCUT2D eigenvalue weighted by atomic mass is 10.3. The molecule has 0 saturated carbocycles. The van der Waals surface area contributed by atoms with Gasteiger partial charge in [-0.3, -0.25) is 0 Å². The topological polar surface area (TPSA) is 38.1 Å². The van der Waals surface area contributed by atoms with E-state index in [2.05, 4.69) is 4.98 Å². The van der Waals surface area contributed by atoms with Crippen molar-refractivity contribution < 1.29 is 5.11 Å². The number of hydrogen-bond acceptors (Lipinski definition) is 2. The van der Waals surface area contributed by atoms with Gasteiger partial charge in [-0.25, -0.2) is 4.98 Å². The van der Waals surface area contributed by atoms with Crippen LogP contribution in [0, 0.1) is 0 Å². The van der Waals surface area contributed by atoms with E-state index in [9.17, 15) is 0 Å². The van der Waals surface area contributed by atoms with Crippen LogP contribution in [0.1, 0.15) is 18.7 Å². The SMILES string of the molecule is C[C@@H](O)c1c(Cl)ncn1C. The van der Waals surface area contributed by atoms with Crippen LogP contribution in [0.3, 0.4) is 0 Å². The van der Waals surface area contributed by atoms with Gasteiger partial charge in [0, 0.05) is 7.05 Å². The summed E-state index contributed by atoms with van der Waals surface area (Å²) in [6, 6.07) is 0. The van der Waals surface area contributed by atoms with E-state index in [1.807, 2.05) is 0 Å². The number of hydrogen-bond donors (Lipinski definition) is 1. The highest BCUT2D eigenvalue weighted by Crippen LogP contribution is 2.19. The lowest BCUT2D eigenvalue weighted by molar-refractivity contribution is 0.190. The molecule has 1 aromatic heterocycles. The highest BCUT2D eigenvalue weighted by molar-refractivity contribution is 6.30. The second-order valence-corrected chi connectivity index (χ2v) is 2.57. The number of aryl methyl sites for hydroxylation is 1. The van der Waals surface area contributed by atoms with Crippen LogP contribution in [0.15, 0.2) is 6.33 Å². The molecule has 1 rings (SSSR count). The van der Waals surface area contributed by atoms with Crippen LogP contribution in [0.25, 0.3) is 0 Å². The lowest BCUT2D eigenvalue weighted by Gasteiger charge is -2.04. The Hall–Kier alpha value is -0.540. The molecule has 1 aromatic rings. The zero-order valence-electron chi connectivity index (χ0n) is 5.87. The Balaban J connectivity index is 3.10. The van der Waals surface area contributed by atoms with Crippen LogP contribution >= 0.6 is 11.6 Å². The summed E-state index contributed by atoms with van der Waals surface area (Å²) in [6.07, 6.45) is 1.02. The molecule has 0 amide bonds. The standard InChI is InChI=1S/C6H9ClN2O/c1-4(10)5-6(7)8-3-9(5)2/h3-4,10H,1-2H3/t4-/m1/s1. The molecule has 1 N–H and O–H groups in total. The van der Waals surface area contributed by atoms with Gasteiger partial charge in [0.2, 0.25) is 0 Å². The van der Waals surface area contributed by atoms with E-state index >= 15 is 0 Å². The van der Waals surface area contributed by atoms with Crippen molar-refractivity contribution in [2.24, 2.45) is 7.05 Å². The lowest BCUT2D eigenvalue weighted by Crippen LogP contribution is -1.99.